The number of hydrogen-bond acceptors (Lipinski definition) is 4. The molecule has 2 amide bonds. The highest BCUT2D eigenvalue weighted by Gasteiger charge is 2.37. The molecular weight excluding hydrogens is 368 g/mol. The van der Waals surface area contributed by atoms with Crippen molar-refractivity contribution in [1.82, 2.24) is 0 Å². The second kappa shape index (κ2) is 8.39. The van der Waals surface area contributed by atoms with Crippen LogP contribution >= 0.6 is 0 Å². The number of anilines is 2. The van der Waals surface area contributed by atoms with Crippen molar-refractivity contribution in [2.75, 3.05) is 30.0 Å². The van der Waals surface area contributed by atoms with Gasteiger partial charge in [0.05, 0.1) is 11.1 Å². The number of para-hydroxylation sites is 1. The van der Waals surface area contributed by atoms with Crippen molar-refractivity contribution in [3.8, 4) is 11.5 Å². The second-order valence-corrected chi connectivity index (χ2v) is 7.66. The SMILES string of the molecule is C=CCN1C(=O)C(C)(C)COc2ccc(NC(=O)COc3ccccc3C)cc21. The Morgan fingerprint density at radius 3 is 2.79 bits per heavy atom. The summed E-state index contributed by atoms with van der Waals surface area (Å²) in [6, 6.07) is 12.8. The van der Waals surface area contributed by atoms with E-state index in [1.165, 1.54) is 0 Å². The summed E-state index contributed by atoms with van der Waals surface area (Å²) < 4.78 is 11.4. The van der Waals surface area contributed by atoms with Crippen LogP contribution in [0.25, 0.3) is 0 Å². The van der Waals surface area contributed by atoms with Gasteiger partial charge >= 0.3 is 0 Å². The lowest BCUT2D eigenvalue weighted by Gasteiger charge is -2.27. The van der Waals surface area contributed by atoms with Gasteiger partial charge in [-0.15, -0.1) is 6.58 Å². The number of fused-ring (bicyclic) bond motifs is 1. The largest absolute Gasteiger partial charge is 0.490 e. The summed E-state index contributed by atoms with van der Waals surface area (Å²) >= 11 is 0. The molecule has 2 aromatic rings. The van der Waals surface area contributed by atoms with Gasteiger partial charge in [0.2, 0.25) is 5.91 Å². The first kappa shape index (κ1) is 20.5. The fraction of sp³-hybridized carbons (Fsp3) is 0.304. The van der Waals surface area contributed by atoms with Crippen LogP contribution in [0.1, 0.15) is 19.4 Å². The maximum absolute atomic E-state index is 12.9. The molecule has 6 nitrogen and oxygen atoms in total. The molecule has 0 bridgehead atoms. The average Bonchev–Trinajstić information content (AvgIpc) is 2.78. The van der Waals surface area contributed by atoms with Crippen LogP contribution in [0.2, 0.25) is 0 Å². The zero-order valence-corrected chi connectivity index (χ0v) is 17.0. The minimum atomic E-state index is -0.660. The first-order chi connectivity index (χ1) is 13.8. The van der Waals surface area contributed by atoms with Gasteiger partial charge in [0.15, 0.2) is 6.61 Å². The summed E-state index contributed by atoms with van der Waals surface area (Å²) in [5, 5.41) is 2.82. The third-order valence-corrected chi connectivity index (χ3v) is 4.71. The summed E-state index contributed by atoms with van der Waals surface area (Å²) in [5.41, 5.74) is 1.47. The first-order valence-corrected chi connectivity index (χ1v) is 9.50. The summed E-state index contributed by atoms with van der Waals surface area (Å²) in [6.07, 6.45) is 1.67. The Morgan fingerprint density at radius 2 is 2.07 bits per heavy atom. The number of ether oxygens (including phenoxy) is 2. The molecule has 0 aromatic heterocycles. The number of nitrogens with one attached hydrogen (secondary N) is 1. The quantitative estimate of drug-likeness (QED) is 0.754. The number of benzene rings is 2. The maximum Gasteiger partial charge on any atom is 0.262 e. The molecule has 0 saturated carbocycles. The smallest absolute Gasteiger partial charge is 0.262 e. The van der Waals surface area contributed by atoms with Crippen LogP contribution in [0.15, 0.2) is 55.1 Å². The van der Waals surface area contributed by atoms with E-state index in [9.17, 15) is 9.59 Å². The van der Waals surface area contributed by atoms with Gasteiger partial charge in [-0.1, -0.05) is 24.3 Å². The van der Waals surface area contributed by atoms with Gasteiger partial charge in [-0.05, 0) is 50.6 Å². The van der Waals surface area contributed by atoms with Crippen molar-refractivity contribution in [3.05, 3.63) is 60.7 Å². The van der Waals surface area contributed by atoms with Gasteiger partial charge in [-0.2, -0.15) is 0 Å². The molecule has 2 aromatic carbocycles. The van der Waals surface area contributed by atoms with Gasteiger partial charge in [0, 0.05) is 12.2 Å². The Kier molecular flexibility index (Phi) is 5.92. The molecule has 6 heteroatoms. The molecule has 3 rings (SSSR count). The standard InChI is InChI=1S/C23H26N2O4/c1-5-12-25-18-13-17(10-11-20(18)29-15-23(3,4)22(25)27)24-21(26)14-28-19-9-7-6-8-16(19)2/h5-11,13H,1,12,14-15H2,2-4H3,(H,24,26). The van der Waals surface area contributed by atoms with Crippen molar-refractivity contribution in [1.29, 1.82) is 0 Å². The molecule has 0 atom stereocenters. The van der Waals surface area contributed by atoms with Crippen molar-refractivity contribution in [3.63, 3.8) is 0 Å². The Labute approximate surface area is 171 Å². The fourth-order valence-electron chi connectivity index (χ4n) is 3.09. The third-order valence-electron chi connectivity index (χ3n) is 4.71. The van der Waals surface area contributed by atoms with Crippen molar-refractivity contribution in [2.45, 2.75) is 20.8 Å². The molecule has 1 heterocycles. The molecule has 152 valence electrons. The topological polar surface area (TPSA) is 67.9 Å². The maximum atomic E-state index is 12.9. The summed E-state index contributed by atoms with van der Waals surface area (Å²) in [6.45, 7) is 9.90. The molecule has 0 unspecified atom stereocenters. The van der Waals surface area contributed by atoms with Gasteiger partial charge in [-0.3, -0.25) is 9.59 Å². The van der Waals surface area contributed by atoms with E-state index in [1.54, 1.807) is 29.2 Å². The number of carbonyl (C=O) groups is 2. The van der Waals surface area contributed by atoms with E-state index in [2.05, 4.69) is 11.9 Å². The Morgan fingerprint density at radius 1 is 1.31 bits per heavy atom. The molecular formula is C23H26N2O4. The minimum absolute atomic E-state index is 0.0532. The molecule has 0 radical (unpaired) electrons. The van der Waals surface area contributed by atoms with Gasteiger partial charge in [0.25, 0.3) is 5.91 Å². The summed E-state index contributed by atoms with van der Waals surface area (Å²) in [5.74, 6) is 0.926. The van der Waals surface area contributed by atoms with Crippen LogP contribution in [-0.2, 0) is 9.59 Å². The number of aryl methyl sites for hydroxylation is 1. The number of nitrogens with zero attached hydrogens (tertiary/aromatic N) is 1. The average molecular weight is 394 g/mol. The third kappa shape index (κ3) is 4.59. The molecule has 0 aliphatic carbocycles. The second-order valence-electron chi connectivity index (χ2n) is 7.66. The minimum Gasteiger partial charge on any atom is -0.490 e. The van der Waals surface area contributed by atoms with Crippen LogP contribution in [0.5, 0.6) is 11.5 Å². The summed E-state index contributed by atoms with van der Waals surface area (Å²) in [4.78, 5) is 26.9. The molecule has 0 fully saturated rings. The first-order valence-electron chi connectivity index (χ1n) is 9.50. The van der Waals surface area contributed by atoms with Crippen LogP contribution in [-0.4, -0.2) is 31.6 Å². The fourth-order valence-corrected chi connectivity index (χ4v) is 3.09. The Balaban J connectivity index is 1.76. The highest BCUT2D eigenvalue weighted by atomic mass is 16.5. The van der Waals surface area contributed by atoms with E-state index >= 15 is 0 Å². The van der Waals surface area contributed by atoms with Gasteiger partial charge in [-0.25, -0.2) is 0 Å². The molecule has 1 aliphatic heterocycles. The number of amides is 2. The normalized spacial score (nSPS) is 15.0. The Bertz CT molecular complexity index is 936. The van der Waals surface area contributed by atoms with Crippen molar-refractivity contribution < 1.29 is 19.1 Å². The predicted octanol–water partition coefficient (Wildman–Crippen LogP) is 3.95. The number of hydrogen-bond donors (Lipinski definition) is 1. The van der Waals surface area contributed by atoms with Gasteiger partial charge in [0.1, 0.15) is 18.1 Å². The van der Waals surface area contributed by atoms with E-state index < -0.39 is 5.41 Å². The highest BCUT2D eigenvalue weighted by molar-refractivity contribution is 6.01. The van der Waals surface area contributed by atoms with Crippen LogP contribution in [0.3, 0.4) is 0 Å². The molecule has 1 aliphatic rings. The predicted molar refractivity (Wildman–Crippen MR) is 114 cm³/mol. The zero-order valence-electron chi connectivity index (χ0n) is 17.0. The number of rotatable bonds is 6. The monoisotopic (exact) mass is 394 g/mol. The molecule has 0 saturated heterocycles. The molecule has 29 heavy (non-hydrogen) atoms. The summed E-state index contributed by atoms with van der Waals surface area (Å²) in [7, 11) is 0. The van der Waals surface area contributed by atoms with E-state index in [1.807, 2.05) is 45.0 Å². The van der Waals surface area contributed by atoms with Crippen LogP contribution in [0, 0.1) is 12.3 Å². The van der Waals surface area contributed by atoms with E-state index in [0.717, 1.165) is 5.56 Å². The lowest BCUT2D eigenvalue weighted by molar-refractivity contribution is -0.127. The lowest BCUT2D eigenvalue weighted by atomic mass is 9.93. The number of carbonyl (C=O) groups excluding carboxylic acids is 2. The lowest BCUT2D eigenvalue weighted by Crippen LogP contribution is -2.42. The van der Waals surface area contributed by atoms with Gasteiger partial charge < -0.3 is 19.7 Å². The molecule has 0 spiro atoms. The highest BCUT2D eigenvalue weighted by Crippen LogP contribution is 2.38. The van der Waals surface area contributed by atoms with E-state index in [-0.39, 0.29) is 25.0 Å². The Hall–Kier alpha value is -3.28. The zero-order chi connectivity index (χ0) is 21.0. The van der Waals surface area contributed by atoms with Crippen LogP contribution < -0.4 is 19.7 Å². The van der Waals surface area contributed by atoms with Crippen LogP contribution in [0.4, 0.5) is 11.4 Å². The van der Waals surface area contributed by atoms with E-state index in [4.69, 9.17) is 9.47 Å². The van der Waals surface area contributed by atoms with Crippen molar-refractivity contribution >= 4 is 23.2 Å². The van der Waals surface area contributed by atoms with Crippen molar-refractivity contribution in [2.24, 2.45) is 5.41 Å². The molecule has 1 N–H and O–H groups in total. The van der Waals surface area contributed by atoms with E-state index in [0.29, 0.717) is 29.4 Å².